The number of cyclic esters (lactones) is 1. The van der Waals surface area contributed by atoms with Crippen molar-refractivity contribution < 1.29 is 27.8 Å². The van der Waals surface area contributed by atoms with Crippen LogP contribution in [-0.2, 0) is 24.1 Å². The van der Waals surface area contributed by atoms with E-state index in [-0.39, 0.29) is 27.7 Å². The number of phenolic OH excluding ortho intramolecular Hbond substituents is 1. The number of likely N-dealkylation sites (N-methyl/N-ethyl adjacent to an activating group) is 1. The molecule has 0 saturated carbocycles. The molecular formula is C32H33NO6S. The molecule has 0 radical (unpaired) electrons. The molecule has 0 spiro atoms. The van der Waals surface area contributed by atoms with Crippen LogP contribution in [0.5, 0.6) is 5.75 Å². The largest absolute Gasteiger partial charge is 0.508 e. The van der Waals surface area contributed by atoms with Crippen molar-refractivity contribution in [1.82, 2.24) is 4.90 Å². The van der Waals surface area contributed by atoms with Crippen LogP contribution in [0.15, 0.2) is 93.5 Å². The van der Waals surface area contributed by atoms with E-state index in [1.807, 2.05) is 20.8 Å². The zero-order valence-corrected chi connectivity index (χ0v) is 24.1. The number of esters is 1. The minimum atomic E-state index is -4.10. The lowest BCUT2D eigenvalue weighted by Gasteiger charge is -2.42. The Labute approximate surface area is 235 Å². The number of carbonyl (C=O) groups excluding carboxylic acids is 1. The molecule has 0 fully saturated rings. The van der Waals surface area contributed by atoms with Gasteiger partial charge in [0.15, 0.2) is 0 Å². The second-order valence-corrected chi connectivity index (χ2v) is 12.3. The van der Waals surface area contributed by atoms with Gasteiger partial charge in [0.1, 0.15) is 11.9 Å². The molecule has 2 unspecified atom stereocenters. The molecule has 2 aliphatic heterocycles. The highest BCUT2D eigenvalue weighted by atomic mass is 32.2. The number of carbonyl (C=O) groups is 1. The van der Waals surface area contributed by atoms with E-state index in [0.29, 0.717) is 23.4 Å². The molecule has 0 aromatic heterocycles. The van der Waals surface area contributed by atoms with Crippen LogP contribution in [0.1, 0.15) is 46.3 Å². The highest BCUT2D eigenvalue weighted by molar-refractivity contribution is 7.95. The van der Waals surface area contributed by atoms with E-state index in [4.69, 9.17) is 9.47 Å². The molecule has 208 valence electrons. The van der Waals surface area contributed by atoms with Gasteiger partial charge in [0.25, 0.3) is 0 Å². The molecule has 7 nitrogen and oxygen atoms in total. The number of aromatic hydroxyl groups is 1. The van der Waals surface area contributed by atoms with E-state index in [0.717, 1.165) is 22.3 Å². The van der Waals surface area contributed by atoms with Gasteiger partial charge in [-0.05, 0) is 67.3 Å². The molecule has 1 N–H and O–H groups in total. The predicted molar refractivity (Wildman–Crippen MR) is 152 cm³/mol. The van der Waals surface area contributed by atoms with Crippen molar-refractivity contribution >= 4 is 15.8 Å². The van der Waals surface area contributed by atoms with Gasteiger partial charge in [-0.15, -0.1) is 0 Å². The number of hydrogen-bond acceptors (Lipinski definition) is 7. The number of aryl methyl sites for hydroxylation is 3. The molecule has 0 saturated heterocycles. The van der Waals surface area contributed by atoms with E-state index in [9.17, 15) is 18.3 Å². The summed E-state index contributed by atoms with van der Waals surface area (Å²) < 4.78 is 40.2. The van der Waals surface area contributed by atoms with Crippen molar-refractivity contribution in [3.8, 4) is 5.75 Å². The van der Waals surface area contributed by atoms with Crippen molar-refractivity contribution in [2.24, 2.45) is 0 Å². The molecule has 2 aliphatic rings. The Balaban J connectivity index is 1.76. The molecule has 2 heterocycles. The first-order valence-electron chi connectivity index (χ1n) is 13.1. The summed E-state index contributed by atoms with van der Waals surface area (Å²) in [6.45, 7) is 6.05. The summed E-state index contributed by atoms with van der Waals surface area (Å²) in [4.78, 5) is 15.9. The lowest BCUT2D eigenvalue weighted by Crippen LogP contribution is -2.39. The Bertz CT molecular complexity index is 1630. The fraction of sp³-hybridized carbons (Fsp3) is 0.281. The maximum absolute atomic E-state index is 14.3. The van der Waals surface area contributed by atoms with Crippen LogP contribution in [0.2, 0.25) is 0 Å². The Morgan fingerprint density at radius 3 is 2.30 bits per heavy atom. The molecule has 3 aromatic rings. The molecule has 8 heteroatoms. The summed E-state index contributed by atoms with van der Waals surface area (Å²) in [5.41, 5.74) is 5.97. The summed E-state index contributed by atoms with van der Waals surface area (Å²) in [5, 5.41) is 10.4. The lowest BCUT2D eigenvalue weighted by atomic mass is 9.81. The average molecular weight is 560 g/mol. The number of allylic oxidation sites excluding steroid dienone is 1. The second kappa shape index (κ2) is 10.6. The highest BCUT2D eigenvalue weighted by Gasteiger charge is 2.47. The second-order valence-electron chi connectivity index (χ2n) is 10.4. The van der Waals surface area contributed by atoms with E-state index < -0.39 is 27.8 Å². The molecule has 40 heavy (non-hydrogen) atoms. The van der Waals surface area contributed by atoms with E-state index >= 15 is 0 Å². The highest BCUT2D eigenvalue weighted by Crippen LogP contribution is 2.51. The van der Waals surface area contributed by atoms with Crippen molar-refractivity contribution in [3.05, 3.63) is 116 Å². The number of ether oxygens (including phenoxy) is 2. The molecule has 3 aromatic carbocycles. The number of hydrogen-bond donors (Lipinski definition) is 1. The first kappa shape index (κ1) is 27.7. The van der Waals surface area contributed by atoms with Crippen LogP contribution in [0.4, 0.5) is 0 Å². The molecule has 2 atom stereocenters. The predicted octanol–water partition coefficient (Wildman–Crippen LogP) is 5.62. The number of sulfone groups is 1. The first-order valence-corrected chi connectivity index (χ1v) is 14.6. The van der Waals surface area contributed by atoms with Gasteiger partial charge in [-0.3, -0.25) is 0 Å². The summed E-state index contributed by atoms with van der Waals surface area (Å²) in [7, 11) is -0.817. The van der Waals surface area contributed by atoms with Crippen molar-refractivity contribution in [2.75, 3.05) is 20.8 Å². The molecule has 0 bridgehead atoms. The monoisotopic (exact) mass is 559 g/mol. The van der Waals surface area contributed by atoms with E-state index in [1.54, 1.807) is 42.3 Å². The van der Waals surface area contributed by atoms with Crippen LogP contribution >= 0.6 is 0 Å². The summed E-state index contributed by atoms with van der Waals surface area (Å²) in [5.74, 6) is -1.61. The van der Waals surface area contributed by atoms with Gasteiger partial charge in [0.05, 0.1) is 33.6 Å². The van der Waals surface area contributed by atoms with Gasteiger partial charge in [0.2, 0.25) is 9.84 Å². The van der Waals surface area contributed by atoms with Gasteiger partial charge in [-0.25, -0.2) is 13.2 Å². The van der Waals surface area contributed by atoms with Gasteiger partial charge >= 0.3 is 5.97 Å². The summed E-state index contributed by atoms with van der Waals surface area (Å²) in [6, 6.07) is 18.7. The van der Waals surface area contributed by atoms with Crippen LogP contribution < -0.4 is 0 Å². The minimum absolute atomic E-state index is 0.00624. The number of benzene rings is 3. The fourth-order valence-electron chi connectivity index (χ4n) is 6.09. The normalized spacial score (nSPS) is 19.5. The molecule has 0 aliphatic carbocycles. The SMILES string of the molecule is COCC1=C(S(=O)(=O)c2ccccc2)C(c2cccc(O)c2)C2=C(CC(c3c(C)cc(C)cc3C)OC2=O)N1C. The van der Waals surface area contributed by atoms with Gasteiger partial charge < -0.3 is 19.5 Å². The van der Waals surface area contributed by atoms with E-state index in [2.05, 4.69) is 12.1 Å². The van der Waals surface area contributed by atoms with Gasteiger partial charge in [0, 0.05) is 26.3 Å². The van der Waals surface area contributed by atoms with Crippen LogP contribution in [0, 0.1) is 20.8 Å². The maximum Gasteiger partial charge on any atom is 0.337 e. The minimum Gasteiger partial charge on any atom is -0.508 e. The quantitative estimate of drug-likeness (QED) is 0.392. The molecule has 0 amide bonds. The molecule has 5 rings (SSSR count). The Kier molecular flexibility index (Phi) is 7.33. The topological polar surface area (TPSA) is 93.1 Å². The van der Waals surface area contributed by atoms with Crippen molar-refractivity contribution in [3.63, 3.8) is 0 Å². The van der Waals surface area contributed by atoms with Crippen molar-refractivity contribution in [1.29, 1.82) is 0 Å². The smallest absolute Gasteiger partial charge is 0.337 e. The van der Waals surface area contributed by atoms with Gasteiger partial charge in [-0.1, -0.05) is 48.0 Å². The fourth-order valence-corrected chi connectivity index (χ4v) is 7.93. The van der Waals surface area contributed by atoms with Gasteiger partial charge in [-0.2, -0.15) is 0 Å². The maximum atomic E-state index is 14.3. The van der Waals surface area contributed by atoms with Crippen molar-refractivity contribution in [2.45, 2.75) is 44.1 Å². The Hall–Kier alpha value is -3.88. The number of methoxy groups -OCH3 is 1. The number of nitrogens with zero attached hydrogens (tertiary/aromatic N) is 1. The summed E-state index contributed by atoms with van der Waals surface area (Å²) >= 11 is 0. The Morgan fingerprint density at radius 1 is 1.00 bits per heavy atom. The van der Waals surface area contributed by atoms with Crippen LogP contribution in [-0.4, -0.2) is 45.2 Å². The third kappa shape index (κ3) is 4.71. The standard InChI is InChI=1S/C32H33NO6S/c1-19-14-20(2)28(21(3)15-19)27-17-25-30(32(35)39-27)29(22-10-9-11-23(34)16-22)31(26(18-38-5)33(25)4)40(36,37)24-12-7-6-8-13-24/h6-16,27,29,34H,17-18H2,1-5H3. The summed E-state index contributed by atoms with van der Waals surface area (Å²) in [6.07, 6.45) is -0.168. The van der Waals surface area contributed by atoms with Crippen LogP contribution in [0.25, 0.3) is 0 Å². The van der Waals surface area contributed by atoms with E-state index in [1.165, 1.54) is 31.4 Å². The van der Waals surface area contributed by atoms with Crippen LogP contribution in [0.3, 0.4) is 0 Å². The third-order valence-corrected chi connectivity index (χ3v) is 9.63. The zero-order chi connectivity index (χ0) is 28.8. The molecular weight excluding hydrogens is 526 g/mol. The third-order valence-electron chi connectivity index (χ3n) is 7.69. The number of phenols is 1. The lowest BCUT2D eigenvalue weighted by molar-refractivity contribution is -0.147. The number of rotatable bonds is 6. The zero-order valence-electron chi connectivity index (χ0n) is 23.3. The average Bonchev–Trinajstić information content (AvgIpc) is 2.90. The first-order chi connectivity index (χ1) is 19.0. The Morgan fingerprint density at radius 2 is 1.68 bits per heavy atom.